The van der Waals surface area contributed by atoms with E-state index in [1.165, 1.54) is 18.5 Å². The lowest BCUT2D eigenvalue weighted by molar-refractivity contribution is -0.497. The smallest absolute Gasteiger partial charge is 0.451 e. The molecule has 3 aromatic carbocycles. The summed E-state index contributed by atoms with van der Waals surface area (Å²) in [5.41, 5.74) is 2.32. The molecular formula is C36H41F2N8O3+. The Hall–Kier alpha value is -5.04. The molecule has 5 aromatic rings. The number of aromatic nitrogens is 6. The van der Waals surface area contributed by atoms with E-state index in [0.29, 0.717) is 25.2 Å². The molecule has 2 saturated heterocycles. The molecule has 3 atom stereocenters. The Morgan fingerprint density at radius 3 is 2.29 bits per heavy atom. The Morgan fingerprint density at radius 2 is 1.65 bits per heavy atom. The van der Waals surface area contributed by atoms with Gasteiger partial charge in [-0.05, 0) is 74.4 Å². The van der Waals surface area contributed by atoms with Crippen LogP contribution >= 0.6 is 0 Å². The molecule has 0 saturated carbocycles. The number of benzene rings is 3. The van der Waals surface area contributed by atoms with Gasteiger partial charge in [0.1, 0.15) is 41.3 Å². The summed E-state index contributed by atoms with van der Waals surface area (Å²) >= 11 is 0. The van der Waals surface area contributed by atoms with Gasteiger partial charge in [0.25, 0.3) is 6.33 Å². The van der Waals surface area contributed by atoms with Crippen molar-refractivity contribution >= 4 is 11.4 Å². The maximum absolute atomic E-state index is 15.0. The van der Waals surface area contributed by atoms with Gasteiger partial charge in [0.05, 0.1) is 25.8 Å². The van der Waals surface area contributed by atoms with Gasteiger partial charge in [-0.25, -0.2) is 23.2 Å². The lowest BCUT2D eigenvalue weighted by Gasteiger charge is -2.37. The number of aromatic amines is 1. The van der Waals surface area contributed by atoms with Crippen molar-refractivity contribution in [3.8, 4) is 11.4 Å². The van der Waals surface area contributed by atoms with Crippen LogP contribution in [0.3, 0.4) is 0 Å². The molecule has 256 valence electrons. The van der Waals surface area contributed by atoms with E-state index in [9.17, 15) is 13.6 Å². The van der Waals surface area contributed by atoms with Gasteiger partial charge >= 0.3 is 5.69 Å². The zero-order valence-electron chi connectivity index (χ0n) is 27.7. The molecule has 4 heterocycles. The summed E-state index contributed by atoms with van der Waals surface area (Å²) in [7, 11) is 0. The normalized spacial score (nSPS) is 20.1. The van der Waals surface area contributed by atoms with E-state index in [4.69, 9.17) is 9.47 Å². The minimum atomic E-state index is -1.01. The molecule has 2 fully saturated rings. The first-order chi connectivity index (χ1) is 23.8. The molecule has 0 bridgehead atoms. The first kappa shape index (κ1) is 32.5. The van der Waals surface area contributed by atoms with Gasteiger partial charge in [-0.3, -0.25) is 0 Å². The van der Waals surface area contributed by atoms with Gasteiger partial charge in [-0.15, -0.1) is 9.25 Å². The average Bonchev–Trinajstić information content (AvgIpc) is 3.88. The Morgan fingerprint density at radius 1 is 0.980 bits per heavy atom. The average molecular weight is 672 g/mol. The van der Waals surface area contributed by atoms with Crippen LogP contribution < -0.4 is 25.3 Å². The third kappa shape index (κ3) is 6.80. The lowest BCUT2D eigenvalue weighted by Crippen LogP contribution is -2.46. The fourth-order valence-corrected chi connectivity index (χ4v) is 6.83. The molecule has 0 spiro atoms. The van der Waals surface area contributed by atoms with E-state index in [0.717, 1.165) is 61.5 Å². The molecule has 11 nitrogen and oxygen atoms in total. The van der Waals surface area contributed by atoms with E-state index in [1.54, 1.807) is 26.6 Å². The summed E-state index contributed by atoms with van der Waals surface area (Å²) in [6.07, 6.45) is 6.06. The molecule has 7 rings (SSSR count). The van der Waals surface area contributed by atoms with Crippen molar-refractivity contribution in [2.24, 2.45) is 5.92 Å². The molecule has 0 aliphatic carbocycles. The molecule has 2 aliphatic rings. The minimum absolute atomic E-state index is 0.000108. The Labute approximate surface area is 283 Å². The van der Waals surface area contributed by atoms with Crippen molar-refractivity contribution in [1.29, 1.82) is 0 Å². The molecular weight excluding hydrogens is 630 g/mol. The summed E-state index contributed by atoms with van der Waals surface area (Å²) in [4.78, 5) is 21.6. The predicted molar refractivity (Wildman–Crippen MR) is 180 cm³/mol. The van der Waals surface area contributed by atoms with E-state index < -0.39 is 17.2 Å². The van der Waals surface area contributed by atoms with Gasteiger partial charge in [0, 0.05) is 55.1 Å². The molecule has 13 heteroatoms. The number of halogens is 2. The number of nitrogens with one attached hydrogen (secondary N) is 1. The summed E-state index contributed by atoms with van der Waals surface area (Å²) in [5.74, 6) is -0.523. The van der Waals surface area contributed by atoms with Crippen LogP contribution in [0.5, 0.6) is 5.75 Å². The Balaban J connectivity index is 0.925. The zero-order chi connectivity index (χ0) is 34.0. The second-order valence-electron chi connectivity index (χ2n) is 12.9. The maximum Gasteiger partial charge on any atom is 0.451 e. The van der Waals surface area contributed by atoms with Gasteiger partial charge in [0.15, 0.2) is 0 Å². The highest BCUT2D eigenvalue weighted by Gasteiger charge is 2.44. The number of hydrogen-bond acceptors (Lipinski definition) is 7. The molecule has 0 radical (unpaired) electrons. The fraction of sp³-hybridized carbons (Fsp3) is 0.389. The van der Waals surface area contributed by atoms with Crippen molar-refractivity contribution in [3.05, 3.63) is 113 Å². The maximum atomic E-state index is 15.0. The second kappa shape index (κ2) is 13.8. The molecule has 1 N–H and O–H groups in total. The van der Waals surface area contributed by atoms with Gasteiger partial charge in [-0.1, -0.05) is 13.0 Å². The molecule has 2 aromatic heterocycles. The van der Waals surface area contributed by atoms with Crippen LogP contribution in [0, 0.1) is 17.6 Å². The largest absolute Gasteiger partial charge is 0.493 e. The number of hydrogen-bond donors (Lipinski definition) is 0. The van der Waals surface area contributed by atoms with E-state index in [1.807, 2.05) is 31.2 Å². The van der Waals surface area contributed by atoms with Crippen LogP contribution in [0.4, 0.5) is 20.2 Å². The number of nitrogens with zero attached hydrogens (tertiary/aromatic N) is 7. The molecule has 2 aliphatic heterocycles. The molecule has 0 unspecified atom stereocenters. The highest BCUT2D eigenvalue weighted by Crippen LogP contribution is 2.42. The Bertz CT molecular complexity index is 1900. The van der Waals surface area contributed by atoms with E-state index in [-0.39, 0.29) is 24.2 Å². The summed E-state index contributed by atoms with van der Waals surface area (Å²) < 4.78 is 46.0. The fourth-order valence-electron chi connectivity index (χ4n) is 6.83. The van der Waals surface area contributed by atoms with Crippen molar-refractivity contribution in [1.82, 2.24) is 24.0 Å². The van der Waals surface area contributed by atoms with Crippen LogP contribution in [0.15, 0.2) is 90.5 Å². The first-order valence-electron chi connectivity index (χ1n) is 16.8. The van der Waals surface area contributed by atoms with Gasteiger partial charge in [0.2, 0.25) is 0 Å². The number of ether oxygens (including phenoxy) is 2. The summed E-state index contributed by atoms with van der Waals surface area (Å²) in [6.45, 7) is 8.62. The number of anilines is 2. The lowest BCUT2D eigenvalue weighted by atomic mass is 9.87. The van der Waals surface area contributed by atoms with Crippen LogP contribution in [0.2, 0.25) is 0 Å². The monoisotopic (exact) mass is 671 g/mol. The standard InChI is InChI=1S/C36H40F2N8O3/c1-3-26(2)46-35(47)45(25-41-46)31-7-5-29(6-8-31)42-14-16-43(17-15-42)30-9-11-32(12-10-30)48-20-27-19-36(49-21-27,22-44-24-39-23-40-44)33-13-4-28(37)18-34(33)38/h4-13,18,23-27H,3,14-17,19-22H2,1-2H3/p+1/t26-,27+,36-/m0/s1. The molecule has 0 amide bonds. The van der Waals surface area contributed by atoms with Crippen LogP contribution in [-0.4, -0.2) is 63.4 Å². The highest BCUT2D eigenvalue weighted by atomic mass is 19.1. The minimum Gasteiger partial charge on any atom is -0.493 e. The van der Waals surface area contributed by atoms with Crippen LogP contribution in [0.1, 0.15) is 38.3 Å². The van der Waals surface area contributed by atoms with E-state index >= 15 is 0 Å². The third-order valence-electron chi connectivity index (χ3n) is 9.75. The van der Waals surface area contributed by atoms with Crippen LogP contribution in [-0.2, 0) is 16.9 Å². The molecule has 49 heavy (non-hydrogen) atoms. The van der Waals surface area contributed by atoms with Crippen molar-refractivity contribution in [2.75, 3.05) is 49.2 Å². The van der Waals surface area contributed by atoms with Crippen LogP contribution in [0.25, 0.3) is 5.69 Å². The topological polar surface area (TPSA) is 96.7 Å². The predicted octanol–water partition coefficient (Wildman–Crippen LogP) is 4.63. The summed E-state index contributed by atoms with van der Waals surface area (Å²) in [6, 6.07) is 20.0. The zero-order valence-corrected chi connectivity index (χ0v) is 27.7. The second-order valence-corrected chi connectivity index (χ2v) is 12.9. The number of H-pyrrole nitrogens is 1. The van der Waals surface area contributed by atoms with Gasteiger partial charge in [-0.2, -0.15) is 10.2 Å². The first-order valence-corrected chi connectivity index (χ1v) is 16.8. The highest BCUT2D eigenvalue weighted by molar-refractivity contribution is 5.54. The van der Waals surface area contributed by atoms with Crippen molar-refractivity contribution in [3.63, 3.8) is 0 Å². The Kier molecular flexibility index (Phi) is 9.17. The van der Waals surface area contributed by atoms with Crippen molar-refractivity contribution in [2.45, 2.75) is 44.9 Å². The third-order valence-corrected chi connectivity index (χ3v) is 9.75. The van der Waals surface area contributed by atoms with Crippen molar-refractivity contribution < 1.29 is 23.4 Å². The quantitative estimate of drug-likeness (QED) is 0.202. The number of piperazine rings is 1. The van der Waals surface area contributed by atoms with Gasteiger partial charge < -0.3 is 19.3 Å². The summed E-state index contributed by atoms with van der Waals surface area (Å²) in [5, 5.41) is 7.26. The number of rotatable bonds is 11. The SMILES string of the molecule is CC[C@H](C)n1[nH+]cn(-c2ccc(N3CCN(c4ccc(OC[C@@H]5CO[C@@](Cn6cncn6)(c6ccc(F)cc6F)C5)cc4)CC3)cc2)c1=O. The van der Waals surface area contributed by atoms with E-state index in [2.05, 4.69) is 56.2 Å².